The molecule has 3 aromatic rings. The van der Waals surface area contributed by atoms with E-state index >= 15 is 0 Å². The Morgan fingerprint density at radius 3 is 1.93 bits per heavy atom. The molecular weight excluding hydrogens is 536 g/mol. The van der Waals surface area contributed by atoms with Gasteiger partial charge in [-0.3, -0.25) is 0 Å². The summed E-state index contributed by atoms with van der Waals surface area (Å²) in [5, 5.41) is 0. The quantitative estimate of drug-likeness (QED) is 0.0696. The maximum absolute atomic E-state index is 12.7. The monoisotopic (exact) mass is 576 g/mol. The molecule has 0 heterocycles. The van der Waals surface area contributed by atoms with Crippen molar-refractivity contribution in [3.63, 3.8) is 0 Å². The first-order valence-corrected chi connectivity index (χ1v) is 14.2. The van der Waals surface area contributed by atoms with Crippen molar-refractivity contribution in [2.75, 3.05) is 52.9 Å². The third-order valence-corrected chi connectivity index (χ3v) is 6.14. The molecule has 0 saturated carbocycles. The highest BCUT2D eigenvalue weighted by Crippen LogP contribution is 2.24. The molecule has 8 heteroatoms. The van der Waals surface area contributed by atoms with Crippen molar-refractivity contribution in [3.8, 4) is 22.6 Å². The zero-order valence-corrected chi connectivity index (χ0v) is 24.5. The Hall–Kier alpha value is -3.98. The third-order valence-electron chi connectivity index (χ3n) is 6.14. The second-order valence-corrected chi connectivity index (χ2v) is 9.39. The second-order valence-electron chi connectivity index (χ2n) is 9.39. The standard InChI is InChI=1S/C34H40O8/c1-4-6-18-41-34(36)32-16-15-31(25-26(32)3)42-33(35)29-9-7-27(8-10-29)28-11-13-30(14-12-28)40-24-23-39-22-21-38-20-19-37-17-5-2/h5,7-16,25H,2,4,6,17-24H2,1,3H3. The molecule has 3 rings (SSSR count). The number of hydrogen-bond acceptors (Lipinski definition) is 8. The lowest BCUT2D eigenvalue weighted by Gasteiger charge is -2.10. The van der Waals surface area contributed by atoms with Gasteiger partial charge in [-0.25, -0.2) is 9.59 Å². The van der Waals surface area contributed by atoms with Crippen LogP contribution in [-0.4, -0.2) is 64.8 Å². The number of aryl methyl sites for hydroxylation is 1. The minimum absolute atomic E-state index is 0.367. The average molecular weight is 577 g/mol. The van der Waals surface area contributed by atoms with Gasteiger partial charge in [0.25, 0.3) is 0 Å². The number of rotatable bonds is 19. The number of esters is 2. The molecule has 0 bridgehead atoms. The Bertz CT molecular complexity index is 1250. The van der Waals surface area contributed by atoms with Crippen LogP contribution < -0.4 is 9.47 Å². The largest absolute Gasteiger partial charge is 0.491 e. The molecule has 0 unspecified atom stereocenters. The Labute approximate surface area is 248 Å². The normalized spacial score (nSPS) is 10.7. The Morgan fingerprint density at radius 1 is 0.714 bits per heavy atom. The average Bonchev–Trinajstić information content (AvgIpc) is 3.00. The summed E-state index contributed by atoms with van der Waals surface area (Å²) in [6.45, 7) is 11.3. The Balaban J connectivity index is 1.40. The number of carbonyl (C=O) groups excluding carboxylic acids is 2. The first-order valence-electron chi connectivity index (χ1n) is 14.2. The topological polar surface area (TPSA) is 89.5 Å². The fourth-order valence-electron chi connectivity index (χ4n) is 3.85. The Kier molecular flexibility index (Phi) is 14.3. The minimum Gasteiger partial charge on any atom is -0.491 e. The van der Waals surface area contributed by atoms with Crippen LogP contribution in [0.1, 0.15) is 46.0 Å². The molecule has 224 valence electrons. The van der Waals surface area contributed by atoms with Gasteiger partial charge in [-0.2, -0.15) is 0 Å². The number of unbranched alkanes of at least 4 members (excludes halogenated alkanes) is 1. The van der Waals surface area contributed by atoms with Gasteiger partial charge in [0.15, 0.2) is 0 Å². The van der Waals surface area contributed by atoms with Crippen molar-refractivity contribution in [1.82, 2.24) is 0 Å². The van der Waals surface area contributed by atoms with Crippen LogP contribution in [0, 0.1) is 6.92 Å². The number of benzene rings is 3. The van der Waals surface area contributed by atoms with Gasteiger partial charge in [0.05, 0.1) is 57.4 Å². The summed E-state index contributed by atoms with van der Waals surface area (Å²) in [7, 11) is 0. The maximum Gasteiger partial charge on any atom is 0.343 e. The number of hydrogen-bond donors (Lipinski definition) is 0. The van der Waals surface area contributed by atoms with Crippen LogP contribution in [-0.2, 0) is 18.9 Å². The highest BCUT2D eigenvalue weighted by atomic mass is 16.6. The SMILES string of the molecule is C=CCOCCOCCOCCOc1ccc(-c2ccc(C(=O)Oc3ccc(C(=O)OCCCC)c(C)c3)cc2)cc1. The molecule has 3 aromatic carbocycles. The lowest BCUT2D eigenvalue weighted by molar-refractivity contribution is 0.0135. The molecule has 0 atom stereocenters. The smallest absolute Gasteiger partial charge is 0.343 e. The molecule has 0 spiro atoms. The number of carbonyl (C=O) groups is 2. The summed E-state index contributed by atoms with van der Waals surface area (Å²) < 4.78 is 32.7. The van der Waals surface area contributed by atoms with Gasteiger partial charge in [0.1, 0.15) is 18.1 Å². The molecule has 42 heavy (non-hydrogen) atoms. The molecule has 0 radical (unpaired) electrons. The zero-order chi connectivity index (χ0) is 30.0. The van der Waals surface area contributed by atoms with E-state index in [-0.39, 0.29) is 5.97 Å². The van der Waals surface area contributed by atoms with Crippen LogP contribution in [0.4, 0.5) is 0 Å². The Morgan fingerprint density at radius 2 is 1.31 bits per heavy atom. The van der Waals surface area contributed by atoms with Gasteiger partial charge in [0, 0.05) is 0 Å². The van der Waals surface area contributed by atoms with E-state index in [1.807, 2.05) is 43.3 Å². The van der Waals surface area contributed by atoms with Crippen LogP contribution in [0.15, 0.2) is 79.4 Å². The van der Waals surface area contributed by atoms with E-state index in [1.165, 1.54) is 0 Å². The van der Waals surface area contributed by atoms with Crippen molar-refractivity contribution in [2.24, 2.45) is 0 Å². The zero-order valence-electron chi connectivity index (χ0n) is 24.5. The molecule has 0 aliphatic rings. The molecule has 0 aromatic heterocycles. The van der Waals surface area contributed by atoms with Crippen molar-refractivity contribution in [1.29, 1.82) is 0 Å². The summed E-state index contributed by atoms with van der Waals surface area (Å²) in [5.41, 5.74) is 3.51. The highest BCUT2D eigenvalue weighted by molar-refractivity contribution is 5.93. The van der Waals surface area contributed by atoms with E-state index in [0.717, 1.165) is 29.7 Å². The highest BCUT2D eigenvalue weighted by Gasteiger charge is 2.14. The lowest BCUT2D eigenvalue weighted by atomic mass is 10.0. The molecule has 0 aliphatic heterocycles. The molecule has 0 N–H and O–H groups in total. The summed E-state index contributed by atoms with van der Waals surface area (Å²) in [4.78, 5) is 24.9. The molecule has 0 saturated heterocycles. The van der Waals surface area contributed by atoms with E-state index in [4.69, 9.17) is 28.4 Å². The van der Waals surface area contributed by atoms with Crippen LogP contribution in [0.2, 0.25) is 0 Å². The van der Waals surface area contributed by atoms with Crippen molar-refractivity contribution >= 4 is 11.9 Å². The molecule has 0 fully saturated rings. The maximum atomic E-state index is 12.7. The van der Waals surface area contributed by atoms with E-state index in [2.05, 4.69) is 6.58 Å². The second kappa shape index (κ2) is 18.5. The summed E-state index contributed by atoms with van der Waals surface area (Å²) in [6.07, 6.45) is 3.48. The summed E-state index contributed by atoms with van der Waals surface area (Å²) in [6, 6.07) is 19.8. The van der Waals surface area contributed by atoms with Crippen molar-refractivity contribution in [2.45, 2.75) is 26.7 Å². The summed E-state index contributed by atoms with van der Waals surface area (Å²) >= 11 is 0. The molecule has 8 nitrogen and oxygen atoms in total. The van der Waals surface area contributed by atoms with Crippen molar-refractivity contribution in [3.05, 3.63) is 96.1 Å². The van der Waals surface area contributed by atoms with E-state index in [9.17, 15) is 9.59 Å². The van der Waals surface area contributed by atoms with Gasteiger partial charge >= 0.3 is 11.9 Å². The van der Waals surface area contributed by atoms with E-state index in [1.54, 1.807) is 43.3 Å². The molecule has 0 amide bonds. The van der Waals surface area contributed by atoms with Crippen LogP contribution in [0.3, 0.4) is 0 Å². The van der Waals surface area contributed by atoms with Crippen molar-refractivity contribution < 1.29 is 38.0 Å². The fourth-order valence-corrected chi connectivity index (χ4v) is 3.85. The first kappa shape index (κ1) is 32.5. The van der Waals surface area contributed by atoms with Gasteiger partial charge in [-0.05, 0) is 72.5 Å². The molecular formula is C34H40O8. The first-order chi connectivity index (χ1) is 20.5. The van der Waals surface area contributed by atoms with Crippen LogP contribution >= 0.6 is 0 Å². The van der Waals surface area contributed by atoms with Crippen LogP contribution in [0.25, 0.3) is 11.1 Å². The summed E-state index contributed by atoms with van der Waals surface area (Å²) in [5.74, 6) is 0.260. The van der Waals surface area contributed by atoms with E-state index in [0.29, 0.717) is 75.3 Å². The van der Waals surface area contributed by atoms with Crippen LogP contribution in [0.5, 0.6) is 11.5 Å². The number of ether oxygens (including phenoxy) is 6. The third kappa shape index (κ3) is 11.1. The fraction of sp³-hybridized carbons (Fsp3) is 0.353. The van der Waals surface area contributed by atoms with Gasteiger partial charge in [-0.15, -0.1) is 6.58 Å². The predicted molar refractivity (Wildman–Crippen MR) is 161 cm³/mol. The van der Waals surface area contributed by atoms with Gasteiger partial charge < -0.3 is 28.4 Å². The van der Waals surface area contributed by atoms with E-state index < -0.39 is 5.97 Å². The minimum atomic E-state index is -0.478. The molecule has 0 aliphatic carbocycles. The lowest BCUT2D eigenvalue weighted by Crippen LogP contribution is -2.12. The predicted octanol–water partition coefficient (Wildman–Crippen LogP) is 6.45. The van der Waals surface area contributed by atoms with Gasteiger partial charge in [-0.1, -0.05) is 43.7 Å². The van der Waals surface area contributed by atoms with Gasteiger partial charge in [0.2, 0.25) is 0 Å².